The number of ether oxygens (including phenoxy) is 1. The van der Waals surface area contributed by atoms with Crippen molar-refractivity contribution in [3.8, 4) is 5.69 Å². The van der Waals surface area contributed by atoms with Gasteiger partial charge in [-0.25, -0.2) is 4.68 Å². The van der Waals surface area contributed by atoms with Crippen LogP contribution in [-0.2, 0) is 17.6 Å². The van der Waals surface area contributed by atoms with Crippen LogP contribution in [0.2, 0.25) is 0 Å². The maximum absolute atomic E-state index is 13.2. The van der Waals surface area contributed by atoms with E-state index in [2.05, 4.69) is 12.1 Å². The first-order valence-corrected chi connectivity index (χ1v) is 9.31. The van der Waals surface area contributed by atoms with Crippen molar-refractivity contribution in [3.63, 3.8) is 0 Å². The highest BCUT2D eigenvalue weighted by Crippen LogP contribution is 2.27. The second-order valence-electron chi connectivity index (χ2n) is 7.01. The SMILES string of the molecule is C[C@@H]1CN(C(=O)c2nn(-c3ccccc3)c3c2CCCCC3)CCO1. The van der Waals surface area contributed by atoms with Crippen LogP contribution in [-0.4, -0.2) is 46.4 Å². The Morgan fingerprint density at radius 1 is 1.16 bits per heavy atom. The number of hydrogen-bond acceptors (Lipinski definition) is 3. The largest absolute Gasteiger partial charge is 0.375 e. The van der Waals surface area contributed by atoms with E-state index in [0.717, 1.165) is 36.9 Å². The highest BCUT2D eigenvalue weighted by Gasteiger charge is 2.29. The zero-order valence-corrected chi connectivity index (χ0v) is 14.8. The van der Waals surface area contributed by atoms with E-state index in [1.54, 1.807) is 0 Å². The van der Waals surface area contributed by atoms with Gasteiger partial charge in [-0.2, -0.15) is 5.10 Å². The van der Waals surface area contributed by atoms with Crippen LogP contribution in [0.25, 0.3) is 5.69 Å². The number of amides is 1. The molecule has 1 aliphatic carbocycles. The molecule has 1 aromatic heterocycles. The van der Waals surface area contributed by atoms with Crippen LogP contribution in [0.3, 0.4) is 0 Å². The van der Waals surface area contributed by atoms with Crippen LogP contribution in [0.4, 0.5) is 0 Å². The van der Waals surface area contributed by atoms with Crippen molar-refractivity contribution in [2.45, 2.75) is 45.1 Å². The molecular formula is C20H25N3O2. The maximum Gasteiger partial charge on any atom is 0.274 e. The van der Waals surface area contributed by atoms with Gasteiger partial charge in [0.2, 0.25) is 0 Å². The molecule has 1 saturated heterocycles. The van der Waals surface area contributed by atoms with Gasteiger partial charge in [-0.15, -0.1) is 0 Å². The van der Waals surface area contributed by atoms with E-state index in [0.29, 0.717) is 25.4 Å². The summed E-state index contributed by atoms with van der Waals surface area (Å²) < 4.78 is 7.58. The lowest BCUT2D eigenvalue weighted by Crippen LogP contribution is -2.44. The molecule has 0 saturated carbocycles. The first-order chi connectivity index (χ1) is 12.2. The third kappa shape index (κ3) is 3.21. The summed E-state index contributed by atoms with van der Waals surface area (Å²) >= 11 is 0. The molecule has 2 heterocycles. The van der Waals surface area contributed by atoms with Crippen LogP contribution in [0, 0.1) is 0 Å². The van der Waals surface area contributed by atoms with E-state index < -0.39 is 0 Å². The normalized spacial score (nSPS) is 20.8. The fourth-order valence-corrected chi connectivity index (χ4v) is 3.88. The van der Waals surface area contributed by atoms with Crippen molar-refractivity contribution in [1.82, 2.24) is 14.7 Å². The van der Waals surface area contributed by atoms with Gasteiger partial charge < -0.3 is 9.64 Å². The van der Waals surface area contributed by atoms with Gasteiger partial charge in [0, 0.05) is 24.3 Å². The van der Waals surface area contributed by atoms with Crippen LogP contribution in [0.15, 0.2) is 30.3 Å². The van der Waals surface area contributed by atoms with Gasteiger partial charge >= 0.3 is 0 Å². The van der Waals surface area contributed by atoms with Crippen LogP contribution >= 0.6 is 0 Å². The number of carbonyl (C=O) groups is 1. The van der Waals surface area contributed by atoms with Gasteiger partial charge in [-0.05, 0) is 44.7 Å². The summed E-state index contributed by atoms with van der Waals surface area (Å²) in [5, 5.41) is 4.79. The topological polar surface area (TPSA) is 47.4 Å². The molecule has 0 radical (unpaired) electrons. The van der Waals surface area contributed by atoms with E-state index >= 15 is 0 Å². The third-order valence-electron chi connectivity index (χ3n) is 5.16. The lowest BCUT2D eigenvalue weighted by Gasteiger charge is -2.30. The molecule has 25 heavy (non-hydrogen) atoms. The average Bonchev–Trinajstić information content (AvgIpc) is 2.83. The molecule has 0 unspecified atom stereocenters. The fraction of sp³-hybridized carbons (Fsp3) is 0.500. The van der Waals surface area contributed by atoms with Crippen molar-refractivity contribution < 1.29 is 9.53 Å². The Morgan fingerprint density at radius 3 is 2.76 bits per heavy atom. The van der Waals surface area contributed by atoms with Crippen LogP contribution in [0.1, 0.15) is 47.9 Å². The Labute approximate surface area is 148 Å². The maximum atomic E-state index is 13.2. The molecule has 0 N–H and O–H groups in total. The Morgan fingerprint density at radius 2 is 1.96 bits per heavy atom. The molecule has 2 aromatic rings. The Balaban J connectivity index is 1.74. The number of rotatable bonds is 2. The number of fused-ring (bicyclic) bond motifs is 1. The summed E-state index contributed by atoms with van der Waals surface area (Å²) in [5.41, 5.74) is 4.06. The van der Waals surface area contributed by atoms with Gasteiger partial charge in [0.05, 0.1) is 18.4 Å². The minimum Gasteiger partial charge on any atom is -0.375 e. The van der Waals surface area contributed by atoms with Crippen molar-refractivity contribution in [2.75, 3.05) is 19.7 Å². The predicted octanol–water partition coefficient (Wildman–Crippen LogP) is 3.00. The number of benzene rings is 1. The standard InChI is InChI=1S/C20H25N3O2/c1-15-14-22(12-13-25-15)20(24)19-17-10-6-3-7-11-18(17)23(21-19)16-8-4-2-5-9-16/h2,4-5,8-9,15H,3,6-7,10-14H2,1H3/t15-/m1/s1. The van der Waals surface area contributed by atoms with E-state index in [-0.39, 0.29) is 12.0 Å². The molecule has 0 bridgehead atoms. The Kier molecular flexibility index (Phi) is 4.57. The van der Waals surface area contributed by atoms with Crippen LogP contribution in [0.5, 0.6) is 0 Å². The quantitative estimate of drug-likeness (QED) is 0.790. The highest BCUT2D eigenvalue weighted by atomic mass is 16.5. The average molecular weight is 339 g/mol. The molecule has 4 rings (SSSR count). The number of hydrogen-bond donors (Lipinski definition) is 0. The first-order valence-electron chi connectivity index (χ1n) is 9.31. The predicted molar refractivity (Wildman–Crippen MR) is 96.1 cm³/mol. The van der Waals surface area contributed by atoms with E-state index in [4.69, 9.17) is 9.84 Å². The second kappa shape index (κ2) is 7.00. The number of aromatic nitrogens is 2. The molecule has 2 aliphatic rings. The smallest absolute Gasteiger partial charge is 0.274 e. The van der Waals surface area contributed by atoms with Gasteiger partial charge in [-0.3, -0.25) is 4.79 Å². The van der Waals surface area contributed by atoms with Gasteiger partial charge in [0.1, 0.15) is 0 Å². The lowest BCUT2D eigenvalue weighted by atomic mass is 10.1. The van der Waals surface area contributed by atoms with Gasteiger partial charge in [0.15, 0.2) is 5.69 Å². The fourth-order valence-electron chi connectivity index (χ4n) is 3.88. The monoisotopic (exact) mass is 339 g/mol. The zero-order valence-electron chi connectivity index (χ0n) is 14.8. The molecule has 1 aliphatic heterocycles. The molecule has 1 aromatic carbocycles. The molecule has 0 spiro atoms. The van der Waals surface area contributed by atoms with E-state index in [1.165, 1.54) is 12.1 Å². The summed E-state index contributed by atoms with van der Waals surface area (Å²) in [5.74, 6) is 0.0583. The molecule has 5 nitrogen and oxygen atoms in total. The summed E-state index contributed by atoms with van der Waals surface area (Å²) in [7, 11) is 0. The molecule has 132 valence electrons. The van der Waals surface area contributed by atoms with E-state index in [9.17, 15) is 4.79 Å². The number of carbonyl (C=O) groups excluding carboxylic acids is 1. The highest BCUT2D eigenvalue weighted by molar-refractivity contribution is 5.94. The van der Waals surface area contributed by atoms with Crippen molar-refractivity contribution in [3.05, 3.63) is 47.3 Å². The minimum absolute atomic E-state index is 0.0583. The lowest BCUT2D eigenvalue weighted by molar-refractivity contribution is -0.0126. The summed E-state index contributed by atoms with van der Waals surface area (Å²) in [6.45, 7) is 3.92. The van der Waals surface area contributed by atoms with Crippen molar-refractivity contribution in [1.29, 1.82) is 0 Å². The molecule has 1 atom stereocenters. The molecule has 5 heteroatoms. The summed E-state index contributed by atoms with van der Waals surface area (Å²) in [6, 6.07) is 10.2. The zero-order chi connectivity index (χ0) is 17.2. The second-order valence-corrected chi connectivity index (χ2v) is 7.01. The molecule has 1 fully saturated rings. The van der Waals surface area contributed by atoms with Crippen molar-refractivity contribution in [2.24, 2.45) is 0 Å². The van der Waals surface area contributed by atoms with Gasteiger partial charge in [0.25, 0.3) is 5.91 Å². The summed E-state index contributed by atoms with van der Waals surface area (Å²) in [4.78, 5) is 15.1. The minimum atomic E-state index is 0.0583. The number of nitrogens with zero attached hydrogens (tertiary/aromatic N) is 3. The van der Waals surface area contributed by atoms with Crippen molar-refractivity contribution >= 4 is 5.91 Å². The first kappa shape index (κ1) is 16.3. The Bertz CT molecular complexity index is 754. The van der Waals surface area contributed by atoms with Gasteiger partial charge in [-0.1, -0.05) is 24.6 Å². The number of morpholine rings is 1. The van der Waals surface area contributed by atoms with Crippen LogP contribution < -0.4 is 0 Å². The molecular weight excluding hydrogens is 314 g/mol. The van der Waals surface area contributed by atoms with E-state index in [1.807, 2.05) is 34.7 Å². The Hall–Kier alpha value is -2.14. The third-order valence-corrected chi connectivity index (χ3v) is 5.16. The summed E-state index contributed by atoms with van der Waals surface area (Å²) in [6.07, 6.45) is 5.53. The number of para-hydroxylation sites is 1. The molecule has 1 amide bonds.